The monoisotopic (exact) mass is 465 g/mol. The van der Waals surface area contributed by atoms with Gasteiger partial charge in [-0.05, 0) is 42.3 Å². The van der Waals surface area contributed by atoms with Gasteiger partial charge in [-0.3, -0.25) is 4.79 Å². The van der Waals surface area contributed by atoms with Crippen molar-refractivity contribution in [2.75, 3.05) is 11.9 Å². The fraction of sp³-hybridized carbons (Fsp3) is 0.375. The number of ether oxygens (including phenoxy) is 1. The number of H-pyrrole nitrogens is 1. The molecule has 3 aromatic heterocycles. The first-order chi connectivity index (χ1) is 15.8. The zero-order valence-corrected chi connectivity index (χ0v) is 20.1. The molecule has 0 aliphatic heterocycles. The van der Waals surface area contributed by atoms with E-state index >= 15 is 0 Å². The van der Waals surface area contributed by atoms with Gasteiger partial charge in [-0.1, -0.05) is 25.7 Å². The molecular formula is C24H28FN5O2Si. The van der Waals surface area contributed by atoms with Gasteiger partial charge in [0.1, 0.15) is 24.4 Å². The van der Waals surface area contributed by atoms with Gasteiger partial charge in [0.2, 0.25) is 5.91 Å². The zero-order chi connectivity index (χ0) is 23.2. The summed E-state index contributed by atoms with van der Waals surface area (Å²) >= 11 is 0. The van der Waals surface area contributed by atoms with E-state index < -0.39 is 20.2 Å². The Morgan fingerprint density at radius 1 is 1.30 bits per heavy atom. The van der Waals surface area contributed by atoms with Crippen LogP contribution in [-0.4, -0.2) is 46.3 Å². The number of carbonyl (C=O) groups excluding carboxylic acids is 1. The Kier molecular flexibility index (Phi) is 5.53. The van der Waals surface area contributed by atoms with E-state index in [-0.39, 0.29) is 12.3 Å². The van der Waals surface area contributed by atoms with E-state index in [1.807, 2.05) is 29.0 Å². The van der Waals surface area contributed by atoms with Gasteiger partial charge < -0.3 is 19.6 Å². The lowest BCUT2D eigenvalue weighted by Crippen LogP contribution is -2.22. The molecule has 0 radical (unpaired) electrons. The van der Waals surface area contributed by atoms with Crippen LogP contribution in [0.2, 0.25) is 25.7 Å². The predicted octanol–water partition coefficient (Wildman–Crippen LogP) is 5.19. The lowest BCUT2D eigenvalue weighted by molar-refractivity contribution is -0.117. The van der Waals surface area contributed by atoms with Crippen LogP contribution in [0, 0.1) is 5.92 Å². The molecule has 1 fully saturated rings. The van der Waals surface area contributed by atoms with Crippen LogP contribution in [0.3, 0.4) is 0 Å². The molecule has 0 saturated heterocycles. The van der Waals surface area contributed by atoms with E-state index in [0.29, 0.717) is 24.8 Å². The van der Waals surface area contributed by atoms with Crippen LogP contribution in [0.4, 0.5) is 10.2 Å². The summed E-state index contributed by atoms with van der Waals surface area (Å²) in [6.07, 6.45) is 2.97. The molecule has 9 heteroatoms. The topological polar surface area (TPSA) is 84.8 Å². The van der Waals surface area contributed by atoms with E-state index in [1.165, 1.54) is 0 Å². The average molecular weight is 466 g/mol. The van der Waals surface area contributed by atoms with E-state index in [0.717, 1.165) is 33.6 Å². The van der Waals surface area contributed by atoms with Gasteiger partial charge in [0, 0.05) is 31.8 Å². The molecule has 1 amide bonds. The van der Waals surface area contributed by atoms with Crippen molar-refractivity contribution in [3.8, 4) is 11.1 Å². The normalized spacial score (nSPS) is 18.2. The van der Waals surface area contributed by atoms with Crippen LogP contribution in [0.1, 0.15) is 6.42 Å². The highest BCUT2D eigenvalue weighted by atomic mass is 28.3. The Labute approximate surface area is 192 Å². The van der Waals surface area contributed by atoms with Crippen LogP contribution in [0.5, 0.6) is 0 Å². The Hall–Kier alpha value is -3.04. The fourth-order valence-electron chi connectivity index (χ4n) is 3.86. The second-order valence-corrected chi connectivity index (χ2v) is 15.5. The zero-order valence-electron chi connectivity index (χ0n) is 19.1. The number of halogens is 1. The molecule has 33 heavy (non-hydrogen) atoms. The highest BCUT2D eigenvalue weighted by Crippen LogP contribution is 2.35. The summed E-state index contributed by atoms with van der Waals surface area (Å²) in [5.74, 6) is -0.455. The predicted molar refractivity (Wildman–Crippen MR) is 131 cm³/mol. The number of benzene rings is 1. The molecule has 5 rings (SSSR count). The third-order valence-electron chi connectivity index (χ3n) is 5.98. The van der Waals surface area contributed by atoms with Gasteiger partial charge in [-0.25, -0.2) is 14.4 Å². The maximum Gasteiger partial charge on any atom is 0.231 e. The van der Waals surface area contributed by atoms with Crippen molar-refractivity contribution < 1.29 is 13.9 Å². The van der Waals surface area contributed by atoms with Crippen LogP contribution >= 0.6 is 0 Å². The number of imidazole rings is 1. The highest BCUT2D eigenvalue weighted by molar-refractivity contribution is 6.76. The molecule has 1 aromatic carbocycles. The molecule has 172 valence electrons. The third-order valence-corrected chi connectivity index (χ3v) is 7.69. The first kappa shape index (κ1) is 21.8. The molecule has 3 heterocycles. The summed E-state index contributed by atoms with van der Waals surface area (Å²) in [6, 6.07) is 10.9. The lowest BCUT2D eigenvalue weighted by atomic mass is 10.1. The van der Waals surface area contributed by atoms with Gasteiger partial charge in [-0.15, -0.1) is 0 Å². The largest absolute Gasteiger partial charge is 0.361 e. The van der Waals surface area contributed by atoms with Crippen LogP contribution in [-0.2, 0) is 16.3 Å². The van der Waals surface area contributed by atoms with Gasteiger partial charge >= 0.3 is 0 Å². The summed E-state index contributed by atoms with van der Waals surface area (Å²) in [6.45, 7) is 8.03. The number of rotatable bonds is 8. The number of nitrogens with zero attached hydrogens (tertiary/aromatic N) is 3. The van der Waals surface area contributed by atoms with Crippen LogP contribution in [0.25, 0.3) is 33.2 Å². The molecule has 7 nitrogen and oxygen atoms in total. The van der Waals surface area contributed by atoms with E-state index in [4.69, 9.17) is 9.72 Å². The number of nitrogens with one attached hydrogen (secondary N) is 2. The lowest BCUT2D eigenvalue weighted by Gasteiger charge is -2.15. The molecule has 0 bridgehead atoms. The number of hydrogen-bond donors (Lipinski definition) is 2. The number of hydrogen-bond acceptors (Lipinski definition) is 4. The van der Waals surface area contributed by atoms with Crippen molar-refractivity contribution in [1.82, 2.24) is 19.5 Å². The number of aromatic amines is 1. The fourth-order valence-corrected chi connectivity index (χ4v) is 4.62. The minimum absolute atomic E-state index is 0.287. The third kappa shape index (κ3) is 4.69. The van der Waals surface area contributed by atoms with Crippen LogP contribution in [0.15, 0.2) is 42.9 Å². The van der Waals surface area contributed by atoms with E-state index in [2.05, 4.69) is 41.0 Å². The molecule has 1 aliphatic carbocycles. The molecule has 0 spiro atoms. The van der Waals surface area contributed by atoms with E-state index in [9.17, 15) is 9.18 Å². The number of pyridine rings is 1. The molecule has 1 saturated carbocycles. The van der Waals surface area contributed by atoms with Gasteiger partial charge in [0.25, 0.3) is 0 Å². The van der Waals surface area contributed by atoms with Crippen molar-refractivity contribution in [3.63, 3.8) is 0 Å². The molecule has 0 unspecified atom stereocenters. The van der Waals surface area contributed by atoms with Gasteiger partial charge in [-0.2, -0.15) is 0 Å². The van der Waals surface area contributed by atoms with Gasteiger partial charge in [0.05, 0.1) is 23.3 Å². The first-order valence-corrected chi connectivity index (χ1v) is 15.0. The summed E-state index contributed by atoms with van der Waals surface area (Å²) in [7, 11) is -1.19. The molecule has 1 aliphatic rings. The Balaban J connectivity index is 1.47. The van der Waals surface area contributed by atoms with Crippen LogP contribution < -0.4 is 5.32 Å². The highest BCUT2D eigenvalue weighted by Gasteiger charge is 2.43. The number of fused-ring (bicyclic) bond motifs is 2. The Bertz CT molecular complexity index is 1330. The second kappa shape index (κ2) is 8.38. The SMILES string of the molecule is C[Si](C)(C)CCOCn1cc(-c2ccc3nc[nH]c3c2)c2ccc(NC(=O)[C@@H]3C[C@@H]3F)nc21. The number of anilines is 1. The summed E-state index contributed by atoms with van der Waals surface area (Å²) in [5, 5.41) is 3.71. The summed E-state index contributed by atoms with van der Waals surface area (Å²) in [5.41, 5.74) is 4.64. The van der Waals surface area contributed by atoms with E-state index in [1.54, 1.807) is 12.4 Å². The first-order valence-electron chi connectivity index (χ1n) is 11.2. The number of alkyl halides is 1. The standard InChI is InChI=1S/C24H28FN5O2Si/c1-33(2,3)9-8-32-14-30-12-18(15-4-6-20-21(10-15)27-13-26-20)16-5-7-22(28-23(16)30)29-24(31)17-11-19(17)25/h4-7,10,12-13,17,19H,8-9,11,14H2,1-3H3,(H,26,27)(H,28,29,31)/t17-,19+/m1/s1. The molecule has 2 atom stereocenters. The number of amides is 1. The molecule has 4 aromatic rings. The maximum absolute atomic E-state index is 13.3. The molecular weight excluding hydrogens is 437 g/mol. The van der Waals surface area contributed by atoms with Crippen molar-refractivity contribution in [3.05, 3.63) is 42.9 Å². The summed E-state index contributed by atoms with van der Waals surface area (Å²) < 4.78 is 21.2. The minimum Gasteiger partial charge on any atom is -0.361 e. The smallest absolute Gasteiger partial charge is 0.231 e. The van der Waals surface area contributed by atoms with Crippen molar-refractivity contribution in [1.29, 1.82) is 0 Å². The van der Waals surface area contributed by atoms with Crippen molar-refractivity contribution in [2.24, 2.45) is 5.92 Å². The Morgan fingerprint density at radius 2 is 2.12 bits per heavy atom. The average Bonchev–Trinajstić information content (AvgIpc) is 3.18. The number of carbonyl (C=O) groups is 1. The van der Waals surface area contributed by atoms with Gasteiger partial charge in [0.15, 0.2) is 0 Å². The second-order valence-electron chi connectivity index (χ2n) is 9.91. The Morgan fingerprint density at radius 3 is 2.88 bits per heavy atom. The summed E-state index contributed by atoms with van der Waals surface area (Å²) in [4.78, 5) is 24.4. The number of aromatic nitrogens is 4. The minimum atomic E-state index is -1.19. The molecule has 2 N–H and O–H groups in total. The van der Waals surface area contributed by atoms with Crippen molar-refractivity contribution in [2.45, 2.75) is 45.0 Å². The maximum atomic E-state index is 13.3. The quantitative estimate of drug-likeness (QED) is 0.277. The van der Waals surface area contributed by atoms with Crippen molar-refractivity contribution >= 4 is 41.9 Å².